The number of methoxy groups -OCH3 is 1. The van der Waals surface area contributed by atoms with E-state index in [0.29, 0.717) is 18.7 Å². The predicted octanol–water partition coefficient (Wildman–Crippen LogP) is 4.77. The Morgan fingerprint density at radius 3 is 2.48 bits per heavy atom. The van der Waals surface area contributed by atoms with Gasteiger partial charge in [-0.3, -0.25) is 9.79 Å². The summed E-state index contributed by atoms with van der Waals surface area (Å²) in [6.07, 6.45) is 0. The zero-order valence-corrected chi connectivity index (χ0v) is 17.0. The zero-order valence-electron chi connectivity index (χ0n) is 17.0. The Morgan fingerprint density at radius 2 is 1.76 bits per heavy atom. The van der Waals surface area contributed by atoms with Crippen molar-refractivity contribution in [1.29, 1.82) is 0 Å². The van der Waals surface area contributed by atoms with Crippen LogP contribution >= 0.6 is 0 Å². The molecule has 0 bridgehead atoms. The Kier molecular flexibility index (Phi) is 5.17. The topological polar surface area (TPSA) is 50.7 Å². The minimum Gasteiger partial charge on any atom is -0.497 e. The van der Waals surface area contributed by atoms with Gasteiger partial charge in [0.05, 0.1) is 19.4 Å². The number of hydrogen-bond donors (Lipinski definition) is 1. The zero-order chi connectivity index (χ0) is 20.4. The van der Waals surface area contributed by atoms with Crippen LogP contribution in [0.3, 0.4) is 0 Å². The monoisotopic (exact) mass is 384 g/mol. The van der Waals surface area contributed by atoms with Gasteiger partial charge in [0.25, 0.3) is 5.91 Å². The molecule has 0 saturated carbocycles. The lowest BCUT2D eigenvalue weighted by atomic mass is 9.93. The molecule has 4 heteroatoms. The van der Waals surface area contributed by atoms with E-state index in [-0.39, 0.29) is 5.91 Å². The van der Waals surface area contributed by atoms with Gasteiger partial charge in [-0.1, -0.05) is 18.2 Å². The smallest absolute Gasteiger partial charge is 0.251 e. The summed E-state index contributed by atoms with van der Waals surface area (Å²) >= 11 is 0. The van der Waals surface area contributed by atoms with Crippen molar-refractivity contribution in [3.05, 3.63) is 88.5 Å². The molecule has 3 aromatic rings. The third-order valence-corrected chi connectivity index (χ3v) is 5.28. The molecule has 0 radical (unpaired) electrons. The molecule has 146 valence electrons. The summed E-state index contributed by atoms with van der Waals surface area (Å²) in [5.41, 5.74) is 8.49. The second-order valence-electron chi connectivity index (χ2n) is 7.15. The maximum atomic E-state index is 12.2. The van der Waals surface area contributed by atoms with Gasteiger partial charge in [0.1, 0.15) is 5.75 Å². The average molecular weight is 384 g/mol. The second kappa shape index (κ2) is 7.92. The molecule has 1 amide bonds. The quantitative estimate of drug-likeness (QED) is 0.689. The molecular weight excluding hydrogens is 360 g/mol. The fourth-order valence-corrected chi connectivity index (χ4v) is 3.71. The Balaban J connectivity index is 1.67. The molecule has 0 atom stereocenters. The number of benzene rings is 3. The average Bonchev–Trinajstić information content (AvgIpc) is 3.17. The molecule has 1 aliphatic rings. The summed E-state index contributed by atoms with van der Waals surface area (Å²) in [5.74, 6) is 0.797. The van der Waals surface area contributed by atoms with E-state index in [4.69, 9.17) is 9.73 Å². The number of aryl methyl sites for hydroxylation is 1. The molecule has 3 aromatic carbocycles. The highest BCUT2D eigenvalue weighted by molar-refractivity contribution is 6.15. The van der Waals surface area contributed by atoms with Gasteiger partial charge in [-0.15, -0.1) is 0 Å². The number of carbonyl (C=O) groups is 1. The van der Waals surface area contributed by atoms with E-state index in [9.17, 15) is 4.79 Å². The van der Waals surface area contributed by atoms with Gasteiger partial charge in [0, 0.05) is 23.2 Å². The van der Waals surface area contributed by atoms with E-state index in [1.807, 2.05) is 49.4 Å². The molecule has 1 N–H and O–H groups in total. The van der Waals surface area contributed by atoms with Crippen molar-refractivity contribution in [2.75, 3.05) is 13.7 Å². The van der Waals surface area contributed by atoms with E-state index >= 15 is 0 Å². The highest BCUT2D eigenvalue weighted by Crippen LogP contribution is 2.31. The lowest BCUT2D eigenvalue weighted by molar-refractivity contribution is 0.0956. The van der Waals surface area contributed by atoms with E-state index in [1.165, 1.54) is 5.56 Å². The first-order valence-corrected chi connectivity index (χ1v) is 9.82. The van der Waals surface area contributed by atoms with Gasteiger partial charge in [0.15, 0.2) is 0 Å². The Morgan fingerprint density at radius 1 is 1.00 bits per heavy atom. The Labute approximate surface area is 171 Å². The van der Waals surface area contributed by atoms with Crippen molar-refractivity contribution in [2.24, 2.45) is 4.99 Å². The normalized spacial score (nSPS) is 12.3. The van der Waals surface area contributed by atoms with E-state index in [2.05, 4.69) is 30.4 Å². The van der Waals surface area contributed by atoms with E-state index < -0.39 is 0 Å². The predicted molar refractivity (Wildman–Crippen MR) is 117 cm³/mol. The summed E-state index contributed by atoms with van der Waals surface area (Å²) in [6.45, 7) is 5.28. The minimum absolute atomic E-state index is 0.0416. The van der Waals surface area contributed by atoms with Crippen LogP contribution in [0.4, 0.5) is 0 Å². The second-order valence-corrected chi connectivity index (χ2v) is 7.15. The molecule has 4 rings (SSSR count). The SMILES string of the molecule is CCNC(=O)c1ccc(C)c(-c2ccc3c(c2)CN=C3c2ccc(OC)cc2)c1. The summed E-state index contributed by atoms with van der Waals surface area (Å²) < 4.78 is 5.25. The first-order chi connectivity index (χ1) is 14.1. The molecule has 1 heterocycles. The van der Waals surface area contributed by atoms with Crippen LogP contribution in [0.1, 0.15) is 39.5 Å². The Bertz CT molecular complexity index is 1100. The molecule has 0 spiro atoms. The minimum atomic E-state index is -0.0416. The van der Waals surface area contributed by atoms with Crippen LogP contribution in [0.15, 0.2) is 65.7 Å². The first-order valence-electron chi connectivity index (χ1n) is 9.82. The number of nitrogens with one attached hydrogen (secondary N) is 1. The Hall–Kier alpha value is -3.40. The molecule has 0 aliphatic carbocycles. The number of aliphatic imine (C=N–C) groups is 1. The number of amides is 1. The summed E-state index contributed by atoms with van der Waals surface area (Å²) in [7, 11) is 1.67. The number of carbonyl (C=O) groups excluding carboxylic acids is 1. The van der Waals surface area contributed by atoms with Gasteiger partial charge in [-0.2, -0.15) is 0 Å². The fourth-order valence-electron chi connectivity index (χ4n) is 3.71. The summed E-state index contributed by atoms with van der Waals surface area (Å²) in [5, 5.41) is 2.87. The number of nitrogens with zero attached hydrogens (tertiary/aromatic N) is 1. The maximum absolute atomic E-state index is 12.2. The molecule has 0 aromatic heterocycles. The van der Waals surface area contributed by atoms with E-state index in [1.54, 1.807) is 7.11 Å². The fraction of sp³-hybridized carbons (Fsp3) is 0.200. The largest absolute Gasteiger partial charge is 0.497 e. The molecular formula is C25H24N2O2. The van der Waals surface area contributed by atoms with Crippen LogP contribution < -0.4 is 10.1 Å². The van der Waals surface area contributed by atoms with Gasteiger partial charge in [-0.05, 0) is 78.6 Å². The molecule has 29 heavy (non-hydrogen) atoms. The van der Waals surface area contributed by atoms with Crippen molar-refractivity contribution >= 4 is 11.6 Å². The standard InChI is InChI=1S/C25H24N2O2/c1-4-26-25(28)19-6-5-16(2)23(14-19)18-9-12-22-20(13-18)15-27-24(22)17-7-10-21(29-3)11-8-17/h5-14H,4,15H2,1-3H3,(H,26,28). The van der Waals surface area contributed by atoms with Crippen LogP contribution in [0.5, 0.6) is 5.75 Å². The van der Waals surface area contributed by atoms with Gasteiger partial charge in [0.2, 0.25) is 0 Å². The third-order valence-electron chi connectivity index (χ3n) is 5.28. The van der Waals surface area contributed by atoms with Gasteiger partial charge >= 0.3 is 0 Å². The van der Waals surface area contributed by atoms with Crippen LogP contribution in [-0.2, 0) is 6.54 Å². The van der Waals surface area contributed by atoms with Crippen molar-refractivity contribution in [3.8, 4) is 16.9 Å². The molecule has 0 fully saturated rings. The lowest BCUT2D eigenvalue weighted by Gasteiger charge is -2.11. The number of hydrogen-bond acceptors (Lipinski definition) is 3. The highest BCUT2D eigenvalue weighted by Gasteiger charge is 2.19. The number of fused-ring (bicyclic) bond motifs is 1. The molecule has 1 aliphatic heterocycles. The van der Waals surface area contributed by atoms with Gasteiger partial charge < -0.3 is 10.1 Å². The highest BCUT2D eigenvalue weighted by atomic mass is 16.5. The molecule has 4 nitrogen and oxygen atoms in total. The van der Waals surface area contributed by atoms with Crippen LogP contribution in [0, 0.1) is 6.92 Å². The van der Waals surface area contributed by atoms with Crippen molar-refractivity contribution < 1.29 is 9.53 Å². The number of ether oxygens (including phenoxy) is 1. The van der Waals surface area contributed by atoms with Gasteiger partial charge in [-0.25, -0.2) is 0 Å². The van der Waals surface area contributed by atoms with Crippen molar-refractivity contribution in [1.82, 2.24) is 5.32 Å². The van der Waals surface area contributed by atoms with E-state index in [0.717, 1.165) is 39.3 Å². The van der Waals surface area contributed by atoms with Crippen molar-refractivity contribution in [3.63, 3.8) is 0 Å². The maximum Gasteiger partial charge on any atom is 0.251 e. The number of rotatable bonds is 5. The summed E-state index contributed by atoms with van der Waals surface area (Å²) in [4.78, 5) is 17.0. The van der Waals surface area contributed by atoms with Crippen LogP contribution in [0.25, 0.3) is 11.1 Å². The first kappa shape index (κ1) is 18.9. The lowest BCUT2D eigenvalue weighted by Crippen LogP contribution is -2.22. The summed E-state index contributed by atoms with van der Waals surface area (Å²) in [6, 6.07) is 20.3. The van der Waals surface area contributed by atoms with Crippen LogP contribution in [0.2, 0.25) is 0 Å². The molecule has 0 saturated heterocycles. The molecule has 0 unspecified atom stereocenters. The van der Waals surface area contributed by atoms with Crippen molar-refractivity contribution in [2.45, 2.75) is 20.4 Å². The van der Waals surface area contributed by atoms with Crippen LogP contribution in [-0.4, -0.2) is 25.3 Å². The third kappa shape index (κ3) is 3.66.